The van der Waals surface area contributed by atoms with Gasteiger partial charge < -0.3 is 20.9 Å². The van der Waals surface area contributed by atoms with Gasteiger partial charge in [0.05, 0.1) is 15.8 Å². The van der Waals surface area contributed by atoms with Gasteiger partial charge in [0.25, 0.3) is 5.91 Å². The molecule has 0 unspecified atom stereocenters. The molecule has 0 bridgehead atoms. The van der Waals surface area contributed by atoms with Crippen LogP contribution >= 0.6 is 23.1 Å². The van der Waals surface area contributed by atoms with Gasteiger partial charge >= 0.3 is 0 Å². The Labute approximate surface area is 199 Å². The largest absolute Gasteiger partial charge is 0.361 e. The summed E-state index contributed by atoms with van der Waals surface area (Å²) in [7, 11) is 0. The molecule has 2 aliphatic rings. The molecular formula is C22H26FN7OS2. The summed E-state index contributed by atoms with van der Waals surface area (Å²) in [4.78, 5) is 28.8. The molecule has 33 heavy (non-hydrogen) atoms. The van der Waals surface area contributed by atoms with Crippen LogP contribution in [-0.4, -0.2) is 71.3 Å². The van der Waals surface area contributed by atoms with Gasteiger partial charge in [-0.3, -0.25) is 4.79 Å². The number of nitrogens with zero attached hydrogens (tertiary/aromatic N) is 4. The quantitative estimate of drug-likeness (QED) is 0.329. The van der Waals surface area contributed by atoms with E-state index in [-0.39, 0.29) is 16.9 Å². The van der Waals surface area contributed by atoms with E-state index >= 15 is 0 Å². The number of carbonyl (C=O) groups is 1. The number of halogens is 1. The van der Waals surface area contributed by atoms with Crippen molar-refractivity contribution in [3.63, 3.8) is 0 Å². The molecule has 1 amide bonds. The lowest BCUT2D eigenvalue weighted by Gasteiger charge is -2.39. The molecule has 8 nitrogen and oxygen atoms in total. The van der Waals surface area contributed by atoms with Crippen molar-refractivity contribution in [2.45, 2.75) is 17.7 Å². The highest BCUT2D eigenvalue weighted by Crippen LogP contribution is 2.35. The number of thiazole rings is 1. The van der Waals surface area contributed by atoms with E-state index in [2.05, 4.69) is 30.9 Å². The maximum absolute atomic E-state index is 14.7. The molecular weight excluding hydrogens is 461 g/mol. The van der Waals surface area contributed by atoms with Gasteiger partial charge in [-0.15, -0.1) is 11.8 Å². The van der Waals surface area contributed by atoms with Gasteiger partial charge in [-0.25, -0.2) is 19.3 Å². The SMILES string of the molecule is CSc1cnc(NCCCNc2nc3cc(F)c(C(=O)N4CCC5(CNC5)C4)cc3s2)nc1. The average Bonchev–Trinajstić information content (AvgIpc) is 3.42. The fraction of sp³-hybridized carbons (Fsp3) is 0.455. The molecule has 174 valence electrons. The lowest BCUT2D eigenvalue weighted by molar-refractivity contribution is 0.0747. The zero-order valence-corrected chi connectivity index (χ0v) is 20.0. The molecule has 2 aromatic heterocycles. The Morgan fingerprint density at radius 2 is 2.06 bits per heavy atom. The van der Waals surface area contributed by atoms with Crippen LogP contribution in [0.5, 0.6) is 0 Å². The highest BCUT2D eigenvalue weighted by atomic mass is 32.2. The molecule has 1 aromatic carbocycles. The van der Waals surface area contributed by atoms with E-state index in [1.807, 2.05) is 6.26 Å². The molecule has 3 N–H and O–H groups in total. The number of fused-ring (bicyclic) bond motifs is 1. The first-order valence-corrected chi connectivity index (χ1v) is 13.0. The number of rotatable bonds is 8. The van der Waals surface area contributed by atoms with Crippen molar-refractivity contribution < 1.29 is 9.18 Å². The first-order chi connectivity index (χ1) is 16.0. The summed E-state index contributed by atoms with van der Waals surface area (Å²) in [5.41, 5.74) is 0.897. The number of hydrogen-bond donors (Lipinski definition) is 3. The minimum absolute atomic E-state index is 0.138. The molecule has 0 saturated carbocycles. The van der Waals surface area contributed by atoms with Crippen molar-refractivity contribution in [3.8, 4) is 0 Å². The second-order valence-electron chi connectivity index (χ2n) is 8.55. The third-order valence-electron chi connectivity index (χ3n) is 6.21. The molecule has 1 spiro atoms. The van der Waals surface area contributed by atoms with Crippen LogP contribution in [0.25, 0.3) is 10.2 Å². The summed E-state index contributed by atoms with van der Waals surface area (Å²) in [6.45, 7) is 4.69. The van der Waals surface area contributed by atoms with E-state index in [0.29, 0.717) is 31.1 Å². The number of carbonyl (C=O) groups excluding carboxylic acids is 1. The number of hydrogen-bond acceptors (Lipinski definition) is 9. The van der Waals surface area contributed by atoms with Crippen LogP contribution in [0.2, 0.25) is 0 Å². The average molecular weight is 488 g/mol. The van der Waals surface area contributed by atoms with Crippen LogP contribution in [0.15, 0.2) is 29.4 Å². The van der Waals surface area contributed by atoms with Crippen LogP contribution in [-0.2, 0) is 0 Å². The molecule has 4 heterocycles. The number of anilines is 2. The minimum Gasteiger partial charge on any atom is -0.361 e. The first kappa shape index (κ1) is 22.3. The van der Waals surface area contributed by atoms with Crippen molar-refractivity contribution in [1.29, 1.82) is 0 Å². The number of benzene rings is 1. The van der Waals surface area contributed by atoms with E-state index < -0.39 is 5.82 Å². The summed E-state index contributed by atoms with van der Waals surface area (Å²) in [6, 6.07) is 3.02. The zero-order valence-electron chi connectivity index (χ0n) is 18.4. The Balaban J connectivity index is 1.16. The summed E-state index contributed by atoms with van der Waals surface area (Å²) in [6.07, 6.45) is 7.40. The van der Waals surface area contributed by atoms with E-state index in [1.54, 1.807) is 35.1 Å². The molecule has 2 fully saturated rings. The van der Waals surface area contributed by atoms with Crippen LogP contribution in [0.4, 0.5) is 15.5 Å². The smallest absolute Gasteiger partial charge is 0.256 e. The minimum atomic E-state index is -0.506. The lowest BCUT2D eigenvalue weighted by atomic mass is 9.81. The highest BCUT2D eigenvalue weighted by Gasteiger charge is 2.44. The third kappa shape index (κ3) is 4.75. The van der Waals surface area contributed by atoms with Crippen molar-refractivity contribution in [1.82, 2.24) is 25.2 Å². The standard InChI is InChI=1S/C22H26FN7OS2/c1-32-14-9-27-20(28-10-14)25-4-2-5-26-21-29-17-8-16(23)15(7-18(17)33-21)19(31)30-6-3-22(13-30)11-24-12-22/h7-10,24H,2-6,11-13H2,1H3,(H,26,29)(H,25,27,28). The Bertz CT molecular complexity index is 1150. The number of likely N-dealkylation sites (tertiary alicyclic amines) is 1. The van der Waals surface area contributed by atoms with Crippen LogP contribution in [0.1, 0.15) is 23.2 Å². The third-order valence-corrected chi connectivity index (χ3v) is 7.87. The normalized spacial score (nSPS) is 16.8. The molecule has 3 aromatic rings. The van der Waals surface area contributed by atoms with E-state index in [1.165, 1.54) is 17.4 Å². The molecule has 0 radical (unpaired) electrons. The highest BCUT2D eigenvalue weighted by molar-refractivity contribution is 7.98. The first-order valence-electron chi connectivity index (χ1n) is 11.0. The van der Waals surface area contributed by atoms with E-state index in [4.69, 9.17) is 0 Å². The fourth-order valence-corrected chi connectivity index (χ4v) is 5.46. The Kier molecular flexibility index (Phi) is 6.35. The van der Waals surface area contributed by atoms with Gasteiger partial charge in [0, 0.05) is 68.0 Å². The fourth-order valence-electron chi connectivity index (χ4n) is 4.23. The Hall–Kier alpha value is -2.50. The number of nitrogens with one attached hydrogen (secondary N) is 3. The maximum Gasteiger partial charge on any atom is 0.256 e. The number of aromatic nitrogens is 3. The van der Waals surface area contributed by atoms with Crippen LogP contribution in [0, 0.1) is 11.2 Å². The van der Waals surface area contributed by atoms with Crippen LogP contribution in [0.3, 0.4) is 0 Å². The van der Waals surface area contributed by atoms with Gasteiger partial charge in [0.2, 0.25) is 5.95 Å². The molecule has 11 heteroatoms. The molecule has 5 rings (SSSR count). The van der Waals surface area contributed by atoms with Crippen molar-refractivity contribution in [2.24, 2.45) is 5.41 Å². The lowest BCUT2D eigenvalue weighted by Crippen LogP contribution is -2.55. The molecule has 0 aliphatic carbocycles. The Morgan fingerprint density at radius 1 is 1.27 bits per heavy atom. The predicted molar refractivity (Wildman–Crippen MR) is 131 cm³/mol. The van der Waals surface area contributed by atoms with E-state index in [0.717, 1.165) is 47.2 Å². The van der Waals surface area contributed by atoms with Gasteiger partial charge in [0.1, 0.15) is 5.82 Å². The van der Waals surface area contributed by atoms with Crippen molar-refractivity contribution in [3.05, 3.63) is 35.9 Å². The molecule has 2 aliphatic heterocycles. The van der Waals surface area contributed by atoms with Gasteiger partial charge in [-0.05, 0) is 25.2 Å². The monoisotopic (exact) mass is 487 g/mol. The summed E-state index contributed by atoms with van der Waals surface area (Å²) < 4.78 is 15.6. The number of amides is 1. The van der Waals surface area contributed by atoms with Crippen LogP contribution < -0.4 is 16.0 Å². The maximum atomic E-state index is 14.7. The van der Waals surface area contributed by atoms with Crippen molar-refractivity contribution in [2.75, 3.05) is 56.2 Å². The van der Waals surface area contributed by atoms with Crippen molar-refractivity contribution >= 4 is 50.3 Å². The van der Waals surface area contributed by atoms with Gasteiger partial charge in [0.15, 0.2) is 5.13 Å². The van der Waals surface area contributed by atoms with E-state index in [9.17, 15) is 9.18 Å². The summed E-state index contributed by atoms with van der Waals surface area (Å²) in [5.74, 6) is -0.119. The zero-order chi connectivity index (χ0) is 22.8. The second-order valence-corrected chi connectivity index (χ2v) is 10.5. The molecule has 0 atom stereocenters. The molecule has 2 saturated heterocycles. The van der Waals surface area contributed by atoms with Gasteiger partial charge in [-0.2, -0.15) is 0 Å². The summed E-state index contributed by atoms with van der Waals surface area (Å²) in [5, 5.41) is 10.5. The number of thioether (sulfide) groups is 1. The second kappa shape index (κ2) is 9.40. The Morgan fingerprint density at radius 3 is 2.76 bits per heavy atom. The topological polar surface area (TPSA) is 95.1 Å². The van der Waals surface area contributed by atoms with Gasteiger partial charge in [-0.1, -0.05) is 11.3 Å². The summed E-state index contributed by atoms with van der Waals surface area (Å²) >= 11 is 3.04. The predicted octanol–water partition coefficient (Wildman–Crippen LogP) is 3.30.